The zero-order chi connectivity index (χ0) is 25.2. The van der Waals surface area contributed by atoms with Crippen LogP contribution in [-0.4, -0.2) is 31.1 Å². The van der Waals surface area contributed by atoms with Gasteiger partial charge in [0.1, 0.15) is 11.5 Å². The first-order valence-electron chi connectivity index (χ1n) is 11.1. The smallest absolute Gasteiger partial charge is 0.287 e. The Morgan fingerprint density at radius 3 is 2.20 bits per heavy atom. The van der Waals surface area contributed by atoms with E-state index in [1.807, 2.05) is 24.3 Å². The highest BCUT2D eigenvalue weighted by Crippen LogP contribution is 2.18. The molecule has 0 heterocycles. The van der Waals surface area contributed by atoms with Crippen LogP contribution < -0.4 is 15.6 Å². The van der Waals surface area contributed by atoms with E-state index >= 15 is 0 Å². The SMILES string of the molecule is CCN(CC)c1ccc(/C=C(\NC(=O)c2ccccc2Cl)C(=O)N/N=C\c2ccc(F)cc2)cc1. The van der Waals surface area contributed by atoms with Crippen LogP contribution in [0.1, 0.15) is 35.3 Å². The number of benzene rings is 3. The summed E-state index contributed by atoms with van der Waals surface area (Å²) in [5.41, 5.74) is 5.00. The van der Waals surface area contributed by atoms with E-state index in [9.17, 15) is 14.0 Å². The van der Waals surface area contributed by atoms with Gasteiger partial charge in [0, 0.05) is 18.8 Å². The van der Waals surface area contributed by atoms with Crippen LogP contribution in [-0.2, 0) is 4.79 Å². The number of carbonyl (C=O) groups excluding carboxylic acids is 2. The molecule has 0 fully saturated rings. The number of nitrogens with one attached hydrogen (secondary N) is 2. The summed E-state index contributed by atoms with van der Waals surface area (Å²) >= 11 is 6.14. The molecule has 6 nitrogen and oxygen atoms in total. The molecule has 0 saturated carbocycles. The summed E-state index contributed by atoms with van der Waals surface area (Å²) in [6.45, 7) is 5.91. The first-order valence-corrected chi connectivity index (χ1v) is 11.5. The second-order valence-corrected chi connectivity index (χ2v) is 7.91. The van der Waals surface area contributed by atoms with Gasteiger partial charge in [0.05, 0.1) is 16.8 Å². The molecular weight excluding hydrogens is 467 g/mol. The van der Waals surface area contributed by atoms with Crippen LogP contribution in [0.4, 0.5) is 10.1 Å². The summed E-state index contributed by atoms with van der Waals surface area (Å²) in [5, 5.41) is 6.82. The molecule has 0 atom stereocenters. The molecule has 0 aliphatic heterocycles. The number of rotatable bonds is 9. The first kappa shape index (κ1) is 25.6. The molecule has 0 spiro atoms. The van der Waals surface area contributed by atoms with Crippen molar-refractivity contribution in [1.29, 1.82) is 0 Å². The fourth-order valence-electron chi connectivity index (χ4n) is 3.30. The number of hydrogen-bond acceptors (Lipinski definition) is 4. The molecule has 3 rings (SSSR count). The summed E-state index contributed by atoms with van der Waals surface area (Å²) < 4.78 is 13.1. The van der Waals surface area contributed by atoms with Gasteiger partial charge in [-0.05, 0) is 67.4 Å². The van der Waals surface area contributed by atoms with Crippen LogP contribution in [0.25, 0.3) is 6.08 Å². The second kappa shape index (κ2) is 12.5. The third-order valence-corrected chi connectivity index (χ3v) is 5.52. The maximum atomic E-state index is 13.1. The van der Waals surface area contributed by atoms with E-state index in [0.717, 1.165) is 18.8 Å². The van der Waals surface area contributed by atoms with Crippen LogP contribution in [0, 0.1) is 5.82 Å². The number of hydrogen-bond donors (Lipinski definition) is 2. The number of hydrazone groups is 1. The lowest BCUT2D eigenvalue weighted by molar-refractivity contribution is -0.117. The molecule has 35 heavy (non-hydrogen) atoms. The van der Waals surface area contributed by atoms with Crippen LogP contribution >= 0.6 is 11.6 Å². The molecule has 0 aromatic heterocycles. The Kier molecular flexibility index (Phi) is 9.15. The van der Waals surface area contributed by atoms with Gasteiger partial charge in [-0.1, -0.05) is 48.0 Å². The third kappa shape index (κ3) is 7.25. The Morgan fingerprint density at radius 1 is 0.943 bits per heavy atom. The van der Waals surface area contributed by atoms with Crippen molar-refractivity contribution in [3.8, 4) is 0 Å². The number of carbonyl (C=O) groups is 2. The van der Waals surface area contributed by atoms with Crippen LogP contribution in [0.15, 0.2) is 83.6 Å². The van der Waals surface area contributed by atoms with Crippen molar-refractivity contribution < 1.29 is 14.0 Å². The van der Waals surface area contributed by atoms with Crippen molar-refractivity contribution in [2.75, 3.05) is 18.0 Å². The molecule has 0 unspecified atom stereocenters. The Balaban J connectivity index is 1.84. The van der Waals surface area contributed by atoms with Gasteiger partial charge >= 0.3 is 0 Å². The van der Waals surface area contributed by atoms with Gasteiger partial charge in [0.25, 0.3) is 11.8 Å². The molecule has 180 valence electrons. The van der Waals surface area contributed by atoms with Crippen molar-refractivity contribution in [3.63, 3.8) is 0 Å². The van der Waals surface area contributed by atoms with Crippen molar-refractivity contribution in [2.45, 2.75) is 13.8 Å². The van der Waals surface area contributed by atoms with E-state index in [2.05, 4.69) is 34.6 Å². The van der Waals surface area contributed by atoms with E-state index in [0.29, 0.717) is 11.1 Å². The van der Waals surface area contributed by atoms with Gasteiger partial charge in [0.15, 0.2) is 0 Å². The van der Waals surface area contributed by atoms with Gasteiger partial charge < -0.3 is 10.2 Å². The topological polar surface area (TPSA) is 73.8 Å². The number of amides is 2. The van der Waals surface area contributed by atoms with Crippen LogP contribution in [0.5, 0.6) is 0 Å². The molecule has 3 aromatic rings. The summed E-state index contributed by atoms with van der Waals surface area (Å²) in [4.78, 5) is 27.9. The van der Waals surface area contributed by atoms with Crippen molar-refractivity contribution >= 4 is 41.4 Å². The van der Waals surface area contributed by atoms with Gasteiger partial charge in [-0.3, -0.25) is 9.59 Å². The Bertz CT molecular complexity index is 1220. The van der Waals surface area contributed by atoms with E-state index in [1.165, 1.54) is 30.5 Å². The molecular formula is C27H26ClFN4O2. The Hall–Kier alpha value is -3.97. The molecule has 0 saturated heterocycles. The summed E-state index contributed by atoms with van der Waals surface area (Å²) in [6, 6.07) is 19.8. The van der Waals surface area contributed by atoms with E-state index < -0.39 is 11.8 Å². The van der Waals surface area contributed by atoms with E-state index in [1.54, 1.807) is 30.3 Å². The average molecular weight is 493 g/mol. The van der Waals surface area contributed by atoms with Gasteiger partial charge in [-0.25, -0.2) is 9.82 Å². The summed E-state index contributed by atoms with van der Waals surface area (Å²) in [5.74, 6) is -1.53. The summed E-state index contributed by atoms with van der Waals surface area (Å²) in [6.07, 6.45) is 2.94. The molecule has 3 aromatic carbocycles. The summed E-state index contributed by atoms with van der Waals surface area (Å²) in [7, 11) is 0. The van der Waals surface area contributed by atoms with Gasteiger partial charge in [-0.2, -0.15) is 5.10 Å². The number of halogens is 2. The monoisotopic (exact) mass is 492 g/mol. The molecule has 2 N–H and O–H groups in total. The lowest BCUT2D eigenvalue weighted by atomic mass is 10.1. The van der Waals surface area contributed by atoms with Crippen molar-refractivity contribution in [3.05, 3.63) is 106 Å². The highest BCUT2D eigenvalue weighted by molar-refractivity contribution is 6.34. The Labute approximate surface area is 209 Å². The highest BCUT2D eigenvalue weighted by Gasteiger charge is 2.16. The molecule has 0 aliphatic carbocycles. The normalized spacial score (nSPS) is 11.4. The van der Waals surface area contributed by atoms with Gasteiger partial charge in [0.2, 0.25) is 0 Å². The minimum atomic E-state index is -0.628. The first-order chi connectivity index (χ1) is 16.9. The lowest BCUT2D eigenvalue weighted by Gasteiger charge is -2.21. The lowest BCUT2D eigenvalue weighted by Crippen LogP contribution is -2.33. The average Bonchev–Trinajstić information content (AvgIpc) is 2.86. The molecule has 2 amide bonds. The molecule has 0 radical (unpaired) electrons. The standard InChI is InChI=1S/C27H26ClFN4O2/c1-3-33(4-2)22-15-11-19(12-16-22)17-25(31-26(34)23-7-5-6-8-24(23)28)27(35)32-30-18-20-9-13-21(29)14-10-20/h5-18H,3-4H2,1-2H3,(H,31,34)(H,32,35)/b25-17-,30-18-. The van der Waals surface area contributed by atoms with Crippen LogP contribution in [0.3, 0.4) is 0 Å². The maximum absolute atomic E-state index is 13.1. The Morgan fingerprint density at radius 2 is 1.57 bits per heavy atom. The molecule has 0 bridgehead atoms. The number of anilines is 1. The fraction of sp³-hybridized carbons (Fsp3) is 0.148. The van der Waals surface area contributed by atoms with Gasteiger partial charge in [-0.15, -0.1) is 0 Å². The third-order valence-electron chi connectivity index (χ3n) is 5.19. The molecule has 8 heteroatoms. The van der Waals surface area contributed by atoms with Crippen molar-refractivity contribution in [2.24, 2.45) is 5.10 Å². The quantitative estimate of drug-likeness (QED) is 0.243. The fourth-order valence-corrected chi connectivity index (χ4v) is 3.53. The zero-order valence-corrected chi connectivity index (χ0v) is 20.2. The van der Waals surface area contributed by atoms with Crippen molar-refractivity contribution in [1.82, 2.24) is 10.7 Å². The zero-order valence-electron chi connectivity index (χ0n) is 19.5. The van der Waals surface area contributed by atoms with E-state index in [4.69, 9.17) is 11.6 Å². The predicted octanol–water partition coefficient (Wildman–Crippen LogP) is 5.25. The molecule has 0 aliphatic rings. The largest absolute Gasteiger partial charge is 0.372 e. The minimum absolute atomic E-state index is 0.0123. The number of nitrogens with zero attached hydrogens (tertiary/aromatic N) is 2. The van der Waals surface area contributed by atoms with E-state index in [-0.39, 0.29) is 22.1 Å². The minimum Gasteiger partial charge on any atom is -0.372 e. The highest BCUT2D eigenvalue weighted by atomic mass is 35.5. The second-order valence-electron chi connectivity index (χ2n) is 7.51. The van der Waals surface area contributed by atoms with Crippen LogP contribution in [0.2, 0.25) is 5.02 Å². The predicted molar refractivity (Wildman–Crippen MR) is 139 cm³/mol. The maximum Gasteiger partial charge on any atom is 0.287 e.